The zero-order chi connectivity index (χ0) is 14.0. The Hall–Kier alpha value is -2.30. The standard InChI is InChI=1S/C14H16FN3O/c1-17(2)14(19)13-12(16)7-8-18(13)9-10-3-5-11(15)6-4-10/h3-8H,9,16H2,1-2H3. The summed E-state index contributed by atoms with van der Waals surface area (Å²) in [6, 6.07) is 7.87. The van der Waals surface area contributed by atoms with Gasteiger partial charge in [0.2, 0.25) is 0 Å². The molecule has 0 fully saturated rings. The first-order chi connectivity index (χ1) is 8.99. The van der Waals surface area contributed by atoms with Gasteiger partial charge in [0, 0.05) is 26.8 Å². The zero-order valence-corrected chi connectivity index (χ0v) is 10.9. The van der Waals surface area contributed by atoms with Crippen molar-refractivity contribution in [2.45, 2.75) is 6.54 Å². The number of nitrogens with two attached hydrogens (primary N) is 1. The predicted octanol–water partition coefficient (Wildman–Crippen LogP) is 1.96. The Balaban J connectivity index is 2.31. The predicted molar refractivity (Wildman–Crippen MR) is 72.4 cm³/mol. The highest BCUT2D eigenvalue weighted by molar-refractivity contribution is 5.97. The average Bonchev–Trinajstić information content (AvgIpc) is 2.72. The van der Waals surface area contributed by atoms with E-state index in [1.807, 2.05) is 0 Å². The second-order valence-electron chi connectivity index (χ2n) is 4.57. The number of carbonyl (C=O) groups is 1. The van der Waals surface area contributed by atoms with Crippen LogP contribution in [-0.4, -0.2) is 29.5 Å². The molecule has 0 saturated carbocycles. The van der Waals surface area contributed by atoms with Crippen molar-refractivity contribution in [2.24, 2.45) is 0 Å². The summed E-state index contributed by atoms with van der Waals surface area (Å²) < 4.78 is 14.6. The van der Waals surface area contributed by atoms with E-state index in [9.17, 15) is 9.18 Å². The van der Waals surface area contributed by atoms with Crippen molar-refractivity contribution in [1.82, 2.24) is 9.47 Å². The summed E-state index contributed by atoms with van der Waals surface area (Å²) in [4.78, 5) is 13.5. The molecule has 2 N–H and O–H groups in total. The molecule has 19 heavy (non-hydrogen) atoms. The van der Waals surface area contributed by atoms with Crippen LogP contribution in [-0.2, 0) is 6.54 Å². The first-order valence-electron chi connectivity index (χ1n) is 5.89. The lowest BCUT2D eigenvalue weighted by molar-refractivity contribution is 0.0819. The van der Waals surface area contributed by atoms with Gasteiger partial charge in [-0.25, -0.2) is 4.39 Å². The number of anilines is 1. The second-order valence-corrected chi connectivity index (χ2v) is 4.57. The summed E-state index contributed by atoms with van der Waals surface area (Å²) in [5.74, 6) is -0.426. The van der Waals surface area contributed by atoms with Gasteiger partial charge in [0.05, 0.1) is 5.69 Å². The number of hydrogen-bond acceptors (Lipinski definition) is 2. The number of nitrogen functional groups attached to an aromatic ring is 1. The van der Waals surface area contributed by atoms with Gasteiger partial charge in [-0.3, -0.25) is 4.79 Å². The van der Waals surface area contributed by atoms with Crippen LogP contribution in [0.4, 0.5) is 10.1 Å². The van der Waals surface area contributed by atoms with E-state index in [2.05, 4.69) is 0 Å². The van der Waals surface area contributed by atoms with Gasteiger partial charge in [-0.15, -0.1) is 0 Å². The maximum absolute atomic E-state index is 12.9. The number of benzene rings is 1. The van der Waals surface area contributed by atoms with E-state index in [4.69, 9.17) is 5.73 Å². The van der Waals surface area contributed by atoms with E-state index in [1.54, 1.807) is 43.1 Å². The normalized spacial score (nSPS) is 10.5. The molecule has 0 radical (unpaired) electrons. The minimum atomic E-state index is -0.277. The molecule has 1 aromatic heterocycles. The van der Waals surface area contributed by atoms with Gasteiger partial charge in [-0.2, -0.15) is 0 Å². The van der Waals surface area contributed by atoms with Gasteiger partial charge >= 0.3 is 0 Å². The fourth-order valence-electron chi connectivity index (χ4n) is 1.87. The van der Waals surface area contributed by atoms with Crippen molar-refractivity contribution in [2.75, 3.05) is 19.8 Å². The molecular weight excluding hydrogens is 245 g/mol. The van der Waals surface area contributed by atoms with Crippen LogP contribution in [0.25, 0.3) is 0 Å². The third-order valence-corrected chi connectivity index (χ3v) is 2.87. The number of carbonyl (C=O) groups excluding carboxylic acids is 1. The molecule has 5 heteroatoms. The minimum absolute atomic E-state index is 0.149. The highest BCUT2D eigenvalue weighted by Gasteiger charge is 2.17. The van der Waals surface area contributed by atoms with Gasteiger partial charge in [-0.05, 0) is 23.8 Å². The SMILES string of the molecule is CN(C)C(=O)c1c(N)ccn1Cc1ccc(F)cc1. The van der Waals surface area contributed by atoms with Gasteiger partial charge in [0.15, 0.2) is 0 Å². The summed E-state index contributed by atoms with van der Waals surface area (Å²) in [6.45, 7) is 0.479. The molecule has 4 nitrogen and oxygen atoms in total. The fourth-order valence-corrected chi connectivity index (χ4v) is 1.87. The van der Waals surface area contributed by atoms with Crippen molar-refractivity contribution in [3.05, 3.63) is 53.6 Å². The second kappa shape index (κ2) is 5.14. The molecule has 1 heterocycles. The number of amides is 1. The molecule has 0 atom stereocenters. The number of hydrogen-bond donors (Lipinski definition) is 1. The lowest BCUT2D eigenvalue weighted by Crippen LogP contribution is -2.25. The van der Waals surface area contributed by atoms with Crippen LogP contribution in [0.3, 0.4) is 0 Å². The van der Waals surface area contributed by atoms with E-state index in [1.165, 1.54) is 17.0 Å². The van der Waals surface area contributed by atoms with Crippen LogP contribution in [0.2, 0.25) is 0 Å². The van der Waals surface area contributed by atoms with E-state index in [-0.39, 0.29) is 11.7 Å². The largest absolute Gasteiger partial charge is 0.397 e. The third-order valence-electron chi connectivity index (χ3n) is 2.87. The number of rotatable bonds is 3. The molecule has 1 aromatic carbocycles. The van der Waals surface area contributed by atoms with E-state index < -0.39 is 0 Å². The van der Waals surface area contributed by atoms with Crippen LogP contribution >= 0.6 is 0 Å². The number of nitrogens with zero attached hydrogens (tertiary/aromatic N) is 2. The molecule has 0 saturated heterocycles. The highest BCUT2D eigenvalue weighted by atomic mass is 19.1. The smallest absolute Gasteiger partial charge is 0.272 e. The summed E-state index contributed by atoms with van der Waals surface area (Å²) in [7, 11) is 3.36. The molecule has 0 bridgehead atoms. The maximum Gasteiger partial charge on any atom is 0.272 e. The molecule has 2 aromatic rings. The van der Waals surface area contributed by atoms with Crippen LogP contribution in [0.5, 0.6) is 0 Å². The van der Waals surface area contributed by atoms with Crippen LogP contribution in [0, 0.1) is 5.82 Å². The topological polar surface area (TPSA) is 51.3 Å². The monoisotopic (exact) mass is 261 g/mol. The maximum atomic E-state index is 12.9. The third kappa shape index (κ3) is 2.76. The van der Waals surface area contributed by atoms with Crippen molar-refractivity contribution in [1.29, 1.82) is 0 Å². The fraction of sp³-hybridized carbons (Fsp3) is 0.214. The Morgan fingerprint density at radius 2 is 1.89 bits per heavy atom. The molecule has 0 aliphatic carbocycles. The Morgan fingerprint density at radius 3 is 2.47 bits per heavy atom. The molecule has 100 valence electrons. The lowest BCUT2D eigenvalue weighted by Gasteiger charge is -2.14. The lowest BCUT2D eigenvalue weighted by atomic mass is 10.2. The highest BCUT2D eigenvalue weighted by Crippen LogP contribution is 2.17. The Bertz CT molecular complexity index is 587. The van der Waals surface area contributed by atoms with Gasteiger partial charge in [0.1, 0.15) is 11.5 Å². The Morgan fingerprint density at radius 1 is 1.26 bits per heavy atom. The van der Waals surface area contributed by atoms with Gasteiger partial charge in [0.25, 0.3) is 5.91 Å². The van der Waals surface area contributed by atoms with E-state index >= 15 is 0 Å². The molecule has 2 rings (SSSR count). The number of halogens is 1. The minimum Gasteiger partial charge on any atom is -0.397 e. The first-order valence-corrected chi connectivity index (χ1v) is 5.89. The van der Waals surface area contributed by atoms with E-state index in [0.717, 1.165) is 5.56 Å². The molecule has 0 aliphatic rings. The summed E-state index contributed by atoms with van der Waals surface area (Å²) in [5, 5.41) is 0. The van der Waals surface area contributed by atoms with E-state index in [0.29, 0.717) is 17.9 Å². The quantitative estimate of drug-likeness (QED) is 0.918. The average molecular weight is 261 g/mol. The van der Waals surface area contributed by atoms with Gasteiger partial charge in [-0.1, -0.05) is 12.1 Å². The molecule has 0 unspecified atom stereocenters. The van der Waals surface area contributed by atoms with Crippen LogP contribution < -0.4 is 5.73 Å². The Kier molecular flexibility index (Phi) is 3.55. The summed E-state index contributed by atoms with van der Waals surface area (Å²) >= 11 is 0. The molecule has 1 amide bonds. The zero-order valence-electron chi connectivity index (χ0n) is 10.9. The molecular formula is C14H16FN3O. The van der Waals surface area contributed by atoms with Crippen molar-refractivity contribution < 1.29 is 9.18 Å². The summed E-state index contributed by atoms with van der Waals surface area (Å²) in [6.07, 6.45) is 1.76. The van der Waals surface area contributed by atoms with Crippen molar-refractivity contribution >= 4 is 11.6 Å². The Labute approximate surface area is 111 Å². The molecule has 0 aliphatic heterocycles. The van der Waals surface area contributed by atoms with Crippen LogP contribution in [0.15, 0.2) is 36.5 Å². The molecule has 0 spiro atoms. The van der Waals surface area contributed by atoms with Gasteiger partial charge < -0.3 is 15.2 Å². The number of aromatic nitrogens is 1. The van der Waals surface area contributed by atoms with Crippen LogP contribution in [0.1, 0.15) is 16.1 Å². The summed E-state index contributed by atoms with van der Waals surface area (Å²) in [5.41, 5.74) is 7.64. The first kappa shape index (κ1) is 13.1. The van der Waals surface area contributed by atoms with Crippen molar-refractivity contribution in [3.63, 3.8) is 0 Å². The van der Waals surface area contributed by atoms with Crippen molar-refractivity contribution in [3.8, 4) is 0 Å².